The van der Waals surface area contributed by atoms with Crippen LogP contribution < -0.4 is 21.6 Å². The van der Waals surface area contributed by atoms with Crippen LogP contribution >= 0.6 is 0 Å². The van der Waals surface area contributed by atoms with Gasteiger partial charge in [0.05, 0.1) is 24.6 Å². The van der Waals surface area contributed by atoms with Crippen molar-refractivity contribution in [2.24, 2.45) is 0 Å². The Bertz CT molecular complexity index is 1570. The first-order chi connectivity index (χ1) is 16.9. The van der Waals surface area contributed by atoms with Gasteiger partial charge >= 0.3 is 11.2 Å². The Morgan fingerprint density at radius 1 is 1.23 bits per heavy atom. The number of pyridine rings is 1. The maximum absolute atomic E-state index is 13.4. The van der Waals surface area contributed by atoms with Gasteiger partial charge in [0.15, 0.2) is 11.2 Å². The smallest absolute Gasteiger partial charge is 0.339 e. The van der Waals surface area contributed by atoms with Crippen LogP contribution in [-0.4, -0.2) is 49.3 Å². The summed E-state index contributed by atoms with van der Waals surface area (Å²) in [7, 11) is 0. The number of piperidine rings is 1. The van der Waals surface area contributed by atoms with E-state index in [2.05, 4.69) is 58.1 Å². The second-order valence-electron chi connectivity index (χ2n) is 9.29. The van der Waals surface area contributed by atoms with Crippen LogP contribution in [0, 0.1) is 18.8 Å². The second-order valence-corrected chi connectivity index (χ2v) is 9.29. The first kappa shape index (κ1) is 22.9. The molecule has 0 saturated carbocycles. The zero-order valence-electron chi connectivity index (χ0n) is 20.2. The van der Waals surface area contributed by atoms with Crippen molar-refractivity contribution in [2.75, 3.05) is 18.1 Å². The van der Waals surface area contributed by atoms with Crippen molar-refractivity contribution in [1.82, 2.24) is 29.9 Å². The van der Waals surface area contributed by atoms with Gasteiger partial charge in [-0.05, 0) is 44.6 Å². The number of nitrogens with zero attached hydrogens (tertiary/aromatic N) is 4. The fourth-order valence-corrected chi connectivity index (χ4v) is 5.25. The SMILES string of the molecule is CC#CCNC1(C)CCCN(n2c(=O)[nH]c3nc[nH]c3c2=O)C1Cc1ncc(C)c2ccccc12. The molecule has 0 spiro atoms. The van der Waals surface area contributed by atoms with Crippen LogP contribution in [0.2, 0.25) is 0 Å². The average Bonchev–Trinajstić information content (AvgIpc) is 3.32. The Morgan fingerprint density at radius 3 is 2.83 bits per heavy atom. The third-order valence-electron chi connectivity index (χ3n) is 7.12. The highest BCUT2D eigenvalue weighted by atomic mass is 16.2. The topological polar surface area (TPSA) is 112 Å². The lowest BCUT2D eigenvalue weighted by atomic mass is 9.80. The number of imidazole rings is 1. The maximum atomic E-state index is 13.4. The van der Waals surface area contributed by atoms with Gasteiger partial charge in [-0.2, -0.15) is 4.68 Å². The lowest BCUT2D eigenvalue weighted by molar-refractivity contribution is 0.198. The lowest BCUT2D eigenvalue weighted by Gasteiger charge is -2.49. The van der Waals surface area contributed by atoms with E-state index in [1.165, 1.54) is 11.0 Å². The first-order valence-corrected chi connectivity index (χ1v) is 11.9. The molecule has 0 bridgehead atoms. The zero-order valence-corrected chi connectivity index (χ0v) is 20.2. The fraction of sp³-hybridized carbons (Fsp3) is 0.385. The molecule has 0 radical (unpaired) electrons. The summed E-state index contributed by atoms with van der Waals surface area (Å²) >= 11 is 0. The molecule has 0 aliphatic carbocycles. The maximum Gasteiger partial charge on any atom is 0.349 e. The molecule has 3 aromatic heterocycles. The molecule has 1 aliphatic rings. The van der Waals surface area contributed by atoms with Crippen LogP contribution in [0.1, 0.15) is 37.9 Å². The number of hydrogen-bond acceptors (Lipinski definition) is 6. The molecular formula is C26H29N7O2. The van der Waals surface area contributed by atoms with E-state index >= 15 is 0 Å². The van der Waals surface area contributed by atoms with Gasteiger partial charge in [-0.1, -0.05) is 30.2 Å². The molecule has 5 rings (SSSR count). The van der Waals surface area contributed by atoms with Crippen molar-refractivity contribution < 1.29 is 0 Å². The molecule has 2 unspecified atom stereocenters. The molecule has 0 amide bonds. The predicted molar refractivity (Wildman–Crippen MR) is 137 cm³/mol. The minimum atomic E-state index is -0.501. The van der Waals surface area contributed by atoms with Gasteiger partial charge in [-0.15, -0.1) is 5.92 Å². The number of aromatic amines is 2. The van der Waals surface area contributed by atoms with E-state index in [4.69, 9.17) is 4.98 Å². The number of rotatable bonds is 5. The second kappa shape index (κ2) is 9.04. The summed E-state index contributed by atoms with van der Waals surface area (Å²) in [6.07, 6.45) is 5.55. The van der Waals surface area contributed by atoms with E-state index in [9.17, 15) is 9.59 Å². The fourth-order valence-electron chi connectivity index (χ4n) is 5.25. The van der Waals surface area contributed by atoms with Crippen LogP contribution in [0.4, 0.5) is 0 Å². The molecule has 35 heavy (non-hydrogen) atoms. The Balaban J connectivity index is 1.66. The highest BCUT2D eigenvalue weighted by molar-refractivity contribution is 5.87. The highest BCUT2D eigenvalue weighted by Gasteiger charge is 2.42. The van der Waals surface area contributed by atoms with Gasteiger partial charge in [0, 0.05) is 30.1 Å². The summed E-state index contributed by atoms with van der Waals surface area (Å²) in [6.45, 7) is 7.10. The number of hydrogen-bond donors (Lipinski definition) is 3. The number of benzene rings is 1. The monoisotopic (exact) mass is 471 g/mol. The van der Waals surface area contributed by atoms with Gasteiger partial charge in [0.1, 0.15) is 0 Å². The van der Waals surface area contributed by atoms with Gasteiger partial charge in [0.25, 0.3) is 0 Å². The van der Waals surface area contributed by atoms with E-state index in [0.717, 1.165) is 34.9 Å². The van der Waals surface area contributed by atoms with Crippen molar-refractivity contribution in [1.29, 1.82) is 0 Å². The molecule has 1 saturated heterocycles. The molecular weight excluding hydrogens is 442 g/mol. The van der Waals surface area contributed by atoms with E-state index in [1.54, 1.807) is 0 Å². The van der Waals surface area contributed by atoms with Crippen LogP contribution in [-0.2, 0) is 6.42 Å². The Kier molecular flexibility index (Phi) is 5.91. The highest BCUT2D eigenvalue weighted by Crippen LogP contribution is 2.31. The average molecular weight is 472 g/mol. The Labute approximate surface area is 202 Å². The Morgan fingerprint density at radius 2 is 2.03 bits per heavy atom. The minimum Gasteiger partial charge on any atom is -0.339 e. The molecule has 180 valence electrons. The van der Waals surface area contributed by atoms with E-state index < -0.39 is 16.8 Å². The van der Waals surface area contributed by atoms with Gasteiger partial charge in [0.2, 0.25) is 0 Å². The molecule has 9 heteroatoms. The van der Waals surface area contributed by atoms with E-state index in [1.807, 2.05) is 30.3 Å². The van der Waals surface area contributed by atoms with Gasteiger partial charge in [-0.25, -0.2) is 9.78 Å². The zero-order chi connectivity index (χ0) is 24.6. The third-order valence-corrected chi connectivity index (χ3v) is 7.12. The summed E-state index contributed by atoms with van der Waals surface area (Å²) < 4.78 is 1.23. The Hall–Kier alpha value is -3.90. The van der Waals surface area contributed by atoms with Crippen LogP contribution in [0.5, 0.6) is 0 Å². The third kappa shape index (κ3) is 4.00. The van der Waals surface area contributed by atoms with Crippen molar-refractivity contribution in [3.8, 4) is 11.8 Å². The van der Waals surface area contributed by atoms with Crippen molar-refractivity contribution in [2.45, 2.75) is 51.6 Å². The minimum absolute atomic E-state index is 0.229. The van der Waals surface area contributed by atoms with Gasteiger partial charge in [-0.3, -0.25) is 20.1 Å². The van der Waals surface area contributed by atoms with Gasteiger partial charge < -0.3 is 9.99 Å². The number of nitrogens with one attached hydrogen (secondary N) is 3. The molecule has 1 aromatic carbocycles. The van der Waals surface area contributed by atoms with Crippen LogP contribution in [0.3, 0.4) is 0 Å². The summed E-state index contributed by atoms with van der Waals surface area (Å²) in [5.41, 5.74) is 1.26. The molecule has 1 aliphatic heterocycles. The molecule has 2 atom stereocenters. The van der Waals surface area contributed by atoms with E-state index in [-0.39, 0.29) is 17.2 Å². The molecule has 3 N–H and O–H groups in total. The normalized spacial score (nSPS) is 20.2. The largest absolute Gasteiger partial charge is 0.349 e. The standard InChI is InChI=1S/C26H29N7O2/c1-4-5-12-30-26(3)11-8-13-32(33-24(34)22-23(29-16-28-22)31-25(33)35)21(26)14-20-19-10-7-6-9-18(19)17(2)15-27-20/h6-7,9-10,15-16,21,30H,8,11-14H2,1-3H3,(H,28,29)(H,31,35). The van der Waals surface area contributed by atoms with Crippen molar-refractivity contribution in [3.05, 3.63) is 68.9 Å². The quantitative estimate of drug-likeness (QED) is 0.384. The number of aryl methyl sites for hydroxylation is 1. The number of aromatic nitrogens is 5. The van der Waals surface area contributed by atoms with Crippen LogP contribution in [0.15, 0.2) is 46.4 Å². The van der Waals surface area contributed by atoms with E-state index in [0.29, 0.717) is 19.5 Å². The number of fused-ring (bicyclic) bond motifs is 2. The van der Waals surface area contributed by atoms with Crippen LogP contribution in [0.25, 0.3) is 21.9 Å². The molecule has 1 fully saturated rings. The number of H-pyrrole nitrogens is 2. The predicted octanol–water partition coefficient (Wildman–Crippen LogP) is 1.98. The summed E-state index contributed by atoms with van der Waals surface area (Å²) in [6, 6.07) is 8.00. The van der Waals surface area contributed by atoms with Crippen molar-refractivity contribution >= 4 is 21.9 Å². The molecule has 4 aromatic rings. The lowest BCUT2D eigenvalue weighted by Crippen LogP contribution is -2.69. The van der Waals surface area contributed by atoms with Crippen molar-refractivity contribution in [3.63, 3.8) is 0 Å². The summed E-state index contributed by atoms with van der Waals surface area (Å²) in [5, 5.41) is 7.74. The summed E-state index contributed by atoms with van der Waals surface area (Å²) in [5.74, 6) is 6.03. The molecule has 9 nitrogen and oxygen atoms in total. The molecule has 4 heterocycles. The first-order valence-electron chi connectivity index (χ1n) is 11.9. The summed E-state index contributed by atoms with van der Waals surface area (Å²) in [4.78, 5) is 41.0.